The van der Waals surface area contributed by atoms with Crippen molar-refractivity contribution in [1.29, 1.82) is 0 Å². The molecule has 0 atom stereocenters. The van der Waals surface area contributed by atoms with Gasteiger partial charge in [-0.15, -0.1) is 0 Å². The quantitative estimate of drug-likeness (QED) is 0.730. The molecule has 1 saturated heterocycles. The van der Waals surface area contributed by atoms with Gasteiger partial charge < -0.3 is 4.90 Å². The summed E-state index contributed by atoms with van der Waals surface area (Å²) in [7, 11) is -3.07. The van der Waals surface area contributed by atoms with Crippen molar-refractivity contribution in [3.63, 3.8) is 0 Å². The van der Waals surface area contributed by atoms with Gasteiger partial charge in [-0.2, -0.15) is 0 Å². The molecule has 4 nitrogen and oxygen atoms in total. The van der Waals surface area contributed by atoms with Gasteiger partial charge in [-0.25, -0.2) is 13.1 Å². The van der Waals surface area contributed by atoms with E-state index in [1.165, 1.54) is 12.8 Å². The Bertz CT molecular complexity index is 256. The van der Waals surface area contributed by atoms with Crippen LogP contribution in [0.5, 0.6) is 0 Å². The van der Waals surface area contributed by atoms with Crippen LogP contribution >= 0.6 is 0 Å². The molecule has 0 aromatic rings. The monoisotopic (exact) mass is 220 g/mol. The van der Waals surface area contributed by atoms with Crippen molar-refractivity contribution in [3.8, 4) is 0 Å². The van der Waals surface area contributed by atoms with E-state index in [1.807, 2.05) is 0 Å². The van der Waals surface area contributed by atoms with Crippen LogP contribution in [0.2, 0.25) is 0 Å². The number of nitrogens with one attached hydrogen (secondary N) is 1. The lowest BCUT2D eigenvalue weighted by molar-refractivity contribution is 0.344. The van der Waals surface area contributed by atoms with E-state index in [0.29, 0.717) is 6.54 Å². The maximum Gasteiger partial charge on any atom is 0.213 e. The average molecular weight is 220 g/mol. The van der Waals surface area contributed by atoms with Crippen LogP contribution in [0.1, 0.15) is 26.7 Å². The summed E-state index contributed by atoms with van der Waals surface area (Å²) in [6.07, 6.45) is 2.49. The second-order valence-electron chi connectivity index (χ2n) is 4.04. The molecule has 1 fully saturated rings. The highest BCUT2D eigenvalue weighted by molar-refractivity contribution is 7.90. The average Bonchev–Trinajstić information content (AvgIpc) is 2.56. The molecule has 1 heterocycles. The molecule has 0 radical (unpaired) electrons. The van der Waals surface area contributed by atoms with Crippen molar-refractivity contribution in [2.75, 3.05) is 26.2 Å². The first-order valence-electron chi connectivity index (χ1n) is 5.23. The predicted molar refractivity (Wildman–Crippen MR) is 57.7 cm³/mol. The molecular weight excluding hydrogens is 200 g/mol. The van der Waals surface area contributed by atoms with E-state index >= 15 is 0 Å². The van der Waals surface area contributed by atoms with Gasteiger partial charge in [-0.05, 0) is 39.8 Å². The third-order valence-corrected chi connectivity index (χ3v) is 4.40. The Morgan fingerprint density at radius 2 is 1.86 bits per heavy atom. The van der Waals surface area contributed by atoms with Crippen LogP contribution in [0.15, 0.2) is 0 Å². The Kier molecular flexibility index (Phi) is 4.34. The normalized spacial score (nSPS) is 19.4. The third-order valence-electron chi connectivity index (χ3n) is 2.55. The molecule has 84 valence electrons. The predicted octanol–water partition coefficient (Wildman–Crippen LogP) is 0.410. The molecule has 0 aromatic heterocycles. The van der Waals surface area contributed by atoms with Gasteiger partial charge in [0.25, 0.3) is 0 Å². The van der Waals surface area contributed by atoms with E-state index in [0.717, 1.165) is 19.6 Å². The molecule has 14 heavy (non-hydrogen) atoms. The largest absolute Gasteiger partial charge is 0.302 e. The van der Waals surface area contributed by atoms with Gasteiger partial charge >= 0.3 is 0 Å². The Labute approximate surface area is 86.7 Å². The zero-order valence-corrected chi connectivity index (χ0v) is 9.81. The van der Waals surface area contributed by atoms with Crippen molar-refractivity contribution in [3.05, 3.63) is 0 Å². The van der Waals surface area contributed by atoms with Crippen LogP contribution in [0.25, 0.3) is 0 Å². The van der Waals surface area contributed by atoms with Gasteiger partial charge in [0.1, 0.15) is 0 Å². The minimum absolute atomic E-state index is 0.332. The van der Waals surface area contributed by atoms with E-state index in [4.69, 9.17) is 0 Å². The Hall–Kier alpha value is -0.130. The summed E-state index contributed by atoms with van der Waals surface area (Å²) in [5, 5.41) is -0.332. The Morgan fingerprint density at radius 1 is 1.29 bits per heavy atom. The Balaban J connectivity index is 2.20. The smallest absolute Gasteiger partial charge is 0.213 e. The standard InChI is InChI=1S/C9H20N2O2S/c1-9(2)14(12,13)10-5-8-11-6-3-4-7-11/h9-10H,3-8H2,1-2H3. The molecule has 0 saturated carbocycles. The zero-order chi connectivity index (χ0) is 10.6. The minimum Gasteiger partial charge on any atom is -0.302 e. The van der Waals surface area contributed by atoms with E-state index in [-0.39, 0.29) is 5.25 Å². The maximum absolute atomic E-state index is 11.4. The first-order chi connectivity index (χ1) is 6.52. The van der Waals surface area contributed by atoms with Crippen molar-refractivity contribution in [2.24, 2.45) is 0 Å². The lowest BCUT2D eigenvalue weighted by atomic mass is 10.4. The van der Waals surface area contributed by atoms with Crippen molar-refractivity contribution < 1.29 is 8.42 Å². The first kappa shape index (κ1) is 11.9. The fourth-order valence-corrected chi connectivity index (χ4v) is 2.23. The second-order valence-corrected chi connectivity index (χ2v) is 6.36. The van der Waals surface area contributed by atoms with Crippen LogP contribution in [-0.2, 0) is 10.0 Å². The van der Waals surface area contributed by atoms with E-state index in [2.05, 4.69) is 9.62 Å². The summed E-state index contributed by atoms with van der Waals surface area (Å²) in [6, 6.07) is 0. The maximum atomic E-state index is 11.4. The summed E-state index contributed by atoms with van der Waals surface area (Å²) in [6.45, 7) is 7.00. The summed E-state index contributed by atoms with van der Waals surface area (Å²) in [4.78, 5) is 2.29. The SMILES string of the molecule is CC(C)S(=O)(=O)NCCN1CCCC1. The van der Waals surface area contributed by atoms with Crippen LogP contribution in [0, 0.1) is 0 Å². The van der Waals surface area contributed by atoms with Crippen LogP contribution in [0.3, 0.4) is 0 Å². The van der Waals surface area contributed by atoms with E-state index in [9.17, 15) is 8.42 Å². The molecule has 0 bridgehead atoms. The van der Waals surface area contributed by atoms with Crippen molar-refractivity contribution in [2.45, 2.75) is 31.9 Å². The lowest BCUT2D eigenvalue weighted by Crippen LogP contribution is -2.36. The topological polar surface area (TPSA) is 49.4 Å². The highest BCUT2D eigenvalue weighted by Gasteiger charge is 2.16. The summed E-state index contributed by atoms with van der Waals surface area (Å²) in [5.74, 6) is 0. The third kappa shape index (κ3) is 3.55. The molecule has 0 aromatic carbocycles. The van der Waals surface area contributed by atoms with Crippen LogP contribution in [0.4, 0.5) is 0 Å². The van der Waals surface area contributed by atoms with Crippen LogP contribution < -0.4 is 4.72 Å². The number of hydrogen-bond acceptors (Lipinski definition) is 3. The molecule has 1 rings (SSSR count). The van der Waals surface area contributed by atoms with Gasteiger partial charge in [-0.1, -0.05) is 0 Å². The van der Waals surface area contributed by atoms with Gasteiger partial charge in [0, 0.05) is 13.1 Å². The molecule has 0 unspecified atom stereocenters. The summed E-state index contributed by atoms with van der Waals surface area (Å²) < 4.78 is 25.4. The Morgan fingerprint density at radius 3 is 2.36 bits per heavy atom. The van der Waals surface area contributed by atoms with E-state index < -0.39 is 10.0 Å². The number of nitrogens with zero attached hydrogens (tertiary/aromatic N) is 1. The van der Waals surface area contributed by atoms with Gasteiger partial charge in [-0.3, -0.25) is 0 Å². The van der Waals surface area contributed by atoms with E-state index in [1.54, 1.807) is 13.8 Å². The van der Waals surface area contributed by atoms with Crippen molar-refractivity contribution >= 4 is 10.0 Å². The molecule has 1 aliphatic heterocycles. The number of likely N-dealkylation sites (tertiary alicyclic amines) is 1. The number of sulfonamides is 1. The van der Waals surface area contributed by atoms with Gasteiger partial charge in [0.15, 0.2) is 0 Å². The molecule has 0 spiro atoms. The molecule has 1 N–H and O–H groups in total. The minimum atomic E-state index is -3.07. The summed E-state index contributed by atoms with van der Waals surface area (Å²) in [5.41, 5.74) is 0. The first-order valence-corrected chi connectivity index (χ1v) is 6.78. The van der Waals surface area contributed by atoms with Crippen molar-refractivity contribution in [1.82, 2.24) is 9.62 Å². The fraction of sp³-hybridized carbons (Fsp3) is 1.00. The van der Waals surface area contributed by atoms with Gasteiger partial charge in [0.05, 0.1) is 5.25 Å². The zero-order valence-electron chi connectivity index (χ0n) is 8.99. The van der Waals surface area contributed by atoms with Crippen LogP contribution in [-0.4, -0.2) is 44.7 Å². The lowest BCUT2D eigenvalue weighted by Gasteiger charge is -2.15. The van der Waals surface area contributed by atoms with Gasteiger partial charge in [0.2, 0.25) is 10.0 Å². The highest BCUT2D eigenvalue weighted by atomic mass is 32.2. The summed E-state index contributed by atoms with van der Waals surface area (Å²) >= 11 is 0. The molecular formula is C9H20N2O2S. The molecule has 1 aliphatic rings. The number of hydrogen-bond donors (Lipinski definition) is 1. The molecule has 5 heteroatoms. The highest BCUT2D eigenvalue weighted by Crippen LogP contribution is 2.05. The number of rotatable bonds is 5. The fourth-order valence-electron chi connectivity index (χ4n) is 1.52. The molecule has 0 amide bonds. The second kappa shape index (κ2) is 5.09. The molecule has 0 aliphatic carbocycles.